The van der Waals surface area contributed by atoms with E-state index in [4.69, 9.17) is 5.71 Å². The van der Waals surface area contributed by atoms with Crippen LogP contribution in [0.2, 0.25) is 0 Å². The first kappa shape index (κ1) is 18.3. The topological polar surface area (TPSA) is 61.8 Å². The Bertz CT molecular complexity index is 180. The number of hydrogen-bond donors (Lipinski definition) is 0. The van der Waals surface area contributed by atoms with E-state index in [9.17, 15) is 9.59 Å². The first-order chi connectivity index (χ1) is 7.58. The van der Waals surface area contributed by atoms with Gasteiger partial charge in [-0.15, -0.1) is 0 Å². The van der Waals surface area contributed by atoms with Crippen LogP contribution in [0.15, 0.2) is 0 Å². The van der Waals surface area contributed by atoms with Crippen LogP contribution in [-0.2, 0) is 20.0 Å². The van der Waals surface area contributed by atoms with Crippen molar-refractivity contribution in [3.05, 3.63) is 0 Å². The zero-order valence-electron chi connectivity index (χ0n) is 10.6. The molecule has 94 valence electrons. The van der Waals surface area contributed by atoms with E-state index in [0.29, 0.717) is 6.61 Å². The number of Topliss-reactive ketones (excluding diaryl/α,β-unsaturated/α-hetero) is 1. The summed E-state index contributed by atoms with van der Waals surface area (Å²) in [5, 5.41) is 0. The number of carbonyl (C=O) groups is 2. The van der Waals surface area contributed by atoms with Gasteiger partial charge in [-0.05, 0) is 13.8 Å². The Morgan fingerprint density at radius 3 is 1.81 bits per heavy atom. The molecule has 0 bridgehead atoms. The van der Waals surface area contributed by atoms with Gasteiger partial charge in [-0.3, -0.25) is 9.59 Å². The fraction of sp³-hybridized carbons (Fsp3) is 0.800. The number of ketones is 1. The molecule has 0 aliphatic heterocycles. The Morgan fingerprint density at radius 1 is 1.00 bits per heavy atom. The molecular formula is C10H21InO5. The summed E-state index contributed by atoms with van der Waals surface area (Å²) in [6.45, 7) is 9.05. The van der Waals surface area contributed by atoms with Gasteiger partial charge in [0.05, 0.1) is 6.61 Å². The molecule has 0 atom stereocenters. The normalized spacial score (nSPS) is 8.75. The average molecular weight is 336 g/mol. The van der Waals surface area contributed by atoms with Crippen LogP contribution in [0.4, 0.5) is 0 Å². The van der Waals surface area contributed by atoms with E-state index >= 15 is 0 Å². The first-order valence-electron chi connectivity index (χ1n) is 5.38. The second-order valence-electron chi connectivity index (χ2n) is 2.79. The van der Waals surface area contributed by atoms with Crippen molar-refractivity contribution in [2.75, 3.05) is 19.8 Å². The Kier molecular flexibility index (Phi) is 17.1. The maximum absolute atomic E-state index is 10.4. The Morgan fingerprint density at radius 2 is 1.50 bits per heavy atom. The SMILES string of the molecule is CCOC(=O)CC(C)=O.CC[O][InH][O]CC. The van der Waals surface area contributed by atoms with E-state index in [1.54, 1.807) is 6.92 Å². The van der Waals surface area contributed by atoms with E-state index in [0.717, 1.165) is 13.2 Å². The summed E-state index contributed by atoms with van der Waals surface area (Å²) in [6.07, 6.45) is -0.103. The van der Waals surface area contributed by atoms with Crippen LogP contribution >= 0.6 is 0 Å². The first-order valence-corrected chi connectivity index (χ1v) is 8.68. The fourth-order valence-electron chi connectivity index (χ4n) is 0.641. The summed E-state index contributed by atoms with van der Waals surface area (Å²) in [7, 11) is 0. The Labute approximate surface area is 109 Å². The van der Waals surface area contributed by atoms with Crippen molar-refractivity contribution in [1.29, 1.82) is 0 Å². The second-order valence-corrected chi connectivity index (χ2v) is 5.79. The van der Waals surface area contributed by atoms with E-state index in [-0.39, 0.29) is 12.2 Å². The number of esters is 1. The number of ether oxygens (including phenoxy) is 1. The molecule has 0 aliphatic carbocycles. The molecule has 16 heavy (non-hydrogen) atoms. The number of hydrogen-bond acceptors (Lipinski definition) is 5. The van der Waals surface area contributed by atoms with Gasteiger partial charge in [0.2, 0.25) is 0 Å². The van der Waals surface area contributed by atoms with Gasteiger partial charge in [-0.1, -0.05) is 0 Å². The predicted molar refractivity (Wildman–Crippen MR) is 62.3 cm³/mol. The minimum absolute atomic E-state index is 0.103. The van der Waals surface area contributed by atoms with Crippen LogP contribution in [0, 0.1) is 0 Å². The third-order valence-corrected chi connectivity index (χ3v) is 4.56. The monoisotopic (exact) mass is 336 g/mol. The zero-order valence-corrected chi connectivity index (χ0v) is 14.6. The standard InChI is InChI=1S/C6H10O3.2C2H5O.In.H/c1-3-9-6(8)4-5(2)7;2*1-2-3;;/h3-4H2,1-2H3;2*2H2,1H3;;/q;2*-1;+2;. The van der Waals surface area contributed by atoms with Crippen LogP contribution in [0.25, 0.3) is 0 Å². The maximum atomic E-state index is 10.4. The third kappa shape index (κ3) is 19.5. The van der Waals surface area contributed by atoms with Crippen LogP contribution in [-0.4, -0.2) is 55.4 Å². The molecule has 0 saturated carbocycles. The molecule has 0 spiro atoms. The van der Waals surface area contributed by atoms with Crippen molar-refractivity contribution in [3.8, 4) is 0 Å². The quantitative estimate of drug-likeness (QED) is 0.392. The van der Waals surface area contributed by atoms with Crippen LogP contribution in [0.1, 0.15) is 34.1 Å². The van der Waals surface area contributed by atoms with Gasteiger partial charge in [0.25, 0.3) is 0 Å². The molecule has 0 radical (unpaired) electrons. The molecular weight excluding hydrogens is 315 g/mol. The van der Waals surface area contributed by atoms with E-state index in [1.165, 1.54) is 6.92 Å². The summed E-state index contributed by atoms with van der Waals surface area (Å²) >= 11 is -1.11. The van der Waals surface area contributed by atoms with Crippen molar-refractivity contribution in [2.24, 2.45) is 0 Å². The molecule has 5 nitrogen and oxygen atoms in total. The Hall–Kier alpha value is -0.0699. The second kappa shape index (κ2) is 14.9. The number of carbonyl (C=O) groups excluding carboxylic acids is 2. The summed E-state index contributed by atoms with van der Waals surface area (Å²) < 4.78 is 14.6. The number of rotatable bonds is 7. The van der Waals surface area contributed by atoms with Crippen molar-refractivity contribution < 1.29 is 20.0 Å². The van der Waals surface area contributed by atoms with Crippen molar-refractivity contribution in [2.45, 2.75) is 34.1 Å². The van der Waals surface area contributed by atoms with Gasteiger partial charge in [-0.2, -0.15) is 0 Å². The average Bonchev–Trinajstić information content (AvgIpc) is 2.18. The molecule has 0 unspecified atom stereocenters. The van der Waals surface area contributed by atoms with Gasteiger partial charge in [0.1, 0.15) is 12.2 Å². The fourth-order valence-corrected chi connectivity index (χ4v) is 1.93. The van der Waals surface area contributed by atoms with Crippen molar-refractivity contribution >= 4 is 35.5 Å². The molecule has 0 heterocycles. The molecule has 0 aromatic carbocycles. The Balaban J connectivity index is 0. The van der Waals surface area contributed by atoms with Crippen LogP contribution < -0.4 is 0 Å². The van der Waals surface area contributed by atoms with E-state index < -0.39 is 29.7 Å². The summed E-state index contributed by atoms with van der Waals surface area (Å²) in [5.41, 5.74) is 0. The van der Waals surface area contributed by atoms with Gasteiger partial charge in [0.15, 0.2) is 0 Å². The minimum atomic E-state index is -1.11. The van der Waals surface area contributed by atoms with Gasteiger partial charge >= 0.3 is 62.5 Å². The summed E-state index contributed by atoms with van der Waals surface area (Å²) in [5.74, 6) is -0.599. The van der Waals surface area contributed by atoms with E-state index in [1.807, 2.05) is 13.8 Å². The summed E-state index contributed by atoms with van der Waals surface area (Å²) in [4.78, 5) is 20.6. The zero-order chi connectivity index (χ0) is 12.8. The van der Waals surface area contributed by atoms with Gasteiger partial charge in [-0.25, -0.2) is 0 Å². The molecule has 0 amide bonds. The van der Waals surface area contributed by atoms with Crippen molar-refractivity contribution in [3.63, 3.8) is 0 Å². The molecule has 0 rings (SSSR count). The third-order valence-electron chi connectivity index (χ3n) is 1.27. The van der Waals surface area contributed by atoms with Crippen molar-refractivity contribution in [1.82, 2.24) is 0 Å². The molecule has 0 aromatic rings. The van der Waals surface area contributed by atoms with Gasteiger partial charge in [0, 0.05) is 0 Å². The van der Waals surface area contributed by atoms with Crippen LogP contribution in [0.5, 0.6) is 0 Å². The van der Waals surface area contributed by atoms with Gasteiger partial charge < -0.3 is 4.74 Å². The molecule has 6 heteroatoms. The summed E-state index contributed by atoms with van der Waals surface area (Å²) in [6, 6.07) is 0. The van der Waals surface area contributed by atoms with E-state index in [2.05, 4.69) is 4.74 Å². The molecule has 0 aliphatic rings. The molecule has 0 saturated heterocycles. The van der Waals surface area contributed by atoms with Crippen LogP contribution in [0.3, 0.4) is 0 Å². The molecule has 0 aromatic heterocycles. The predicted octanol–water partition coefficient (Wildman–Crippen LogP) is 0.854. The molecule has 0 N–H and O–H groups in total. The molecule has 0 fully saturated rings.